The minimum absolute atomic E-state index is 0.169. The number of anilines is 1. The van der Waals surface area contributed by atoms with Crippen molar-refractivity contribution in [3.05, 3.63) is 29.8 Å². The minimum Gasteiger partial charge on any atom is -0.369 e. The number of rotatable bonds is 2. The number of nitrogens with one attached hydrogen (secondary N) is 1. The summed E-state index contributed by atoms with van der Waals surface area (Å²) < 4.78 is 11.1. The van der Waals surface area contributed by atoms with E-state index in [1.54, 1.807) is 0 Å². The second kappa shape index (κ2) is 5.04. The zero-order chi connectivity index (χ0) is 11.5. The maximum Gasteiger partial charge on any atom is 0.184 e. The SMILES string of the molecule is c1cc(C2OCCO2)cc(N2CCNCC2)c1. The molecule has 2 aliphatic rings. The van der Waals surface area contributed by atoms with Crippen LogP contribution in [-0.2, 0) is 9.47 Å². The fourth-order valence-corrected chi connectivity index (χ4v) is 2.34. The Kier molecular flexibility index (Phi) is 3.27. The smallest absolute Gasteiger partial charge is 0.184 e. The van der Waals surface area contributed by atoms with Gasteiger partial charge in [0.1, 0.15) is 0 Å². The molecule has 2 heterocycles. The van der Waals surface area contributed by atoms with Gasteiger partial charge < -0.3 is 19.7 Å². The molecule has 2 saturated heterocycles. The first kappa shape index (κ1) is 11.0. The van der Waals surface area contributed by atoms with Gasteiger partial charge in [-0.1, -0.05) is 12.1 Å². The van der Waals surface area contributed by atoms with Crippen molar-refractivity contribution in [3.63, 3.8) is 0 Å². The average Bonchev–Trinajstić information content (AvgIpc) is 2.94. The molecule has 0 atom stereocenters. The van der Waals surface area contributed by atoms with Crippen molar-refractivity contribution in [1.29, 1.82) is 0 Å². The molecule has 2 fully saturated rings. The number of hydrogen-bond donors (Lipinski definition) is 1. The summed E-state index contributed by atoms with van der Waals surface area (Å²) in [5.74, 6) is 0. The number of piperazine rings is 1. The molecule has 4 heteroatoms. The van der Waals surface area contributed by atoms with Crippen molar-refractivity contribution in [3.8, 4) is 0 Å². The van der Waals surface area contributed by atoms with Crippen LogP contribution in [-0.4, -0.2) is 39.4 Å². The van der Waals surface area contributed by atoms with Gasteiger partial charge in [-0.3, -0.25) is 0 Å². The molecule has 0 radical (unpaired) electrons. The first-order valence-electron chi connectivity index (χ1n) is 6.22. The average molecular weight is 234 g/mol. The fourth-order valence-electron chi connectivity index (χ4n) is 2.34. The van der Waals surface area contributed by atoms with Crippen LogP contribution in [0.1, 0.15) is 11.9 Å². The van der Waals surface area contributed by atoms with Crippen LogP contribution in [0.5, 0.6) is 0 Å². The lowest BCUT2D eigenvalue weighted by Gasteiger charge is -2.30. The van der Waals surface area contributed by atoms with E-state index in [1.165, 1.54) is 5.69 Å². The van der Waals surface area contributed by atoms with Crippen LogP contribution < -0.4 is 10.2 Å². The Hall–Kier alpha value is -1.10. The summed E-state index contributed by atoms with van der Waals surface area (Å²) in [6.07, 6.45) is -0.169. The van der Waals surface area contributed by atoms with Crippen molar-refractivity contribution < 1.29 is 9.47 Å². The monoisotopic (exact) mass is 234 g/mol. The molecule has 17 heavy (non-hydrogen) atoms. The van der Waals surface area contributed by atoms with Crippen molar-refractivity contribution >= 4 is 5.69 Å². The number of hydrogen-bond acceptors (Lipinski definition) is 4. The first-order chi connectivity index (χ1) is 8.43. The Bertz CT molecular complexity index is 371. The van der Waals surface area contributed by atoms with Gasteiger partial charge in [-0.2, -0.15) is 0 Å². The van der Waals surface area contributed by atoms with Crippen molar-refractivity contribution in [2.45, 2.75) is 6.29 Å². The highest BCUT2D eigenvalue weighted by Crippen LogP contribution is 2.26. The van der Waals surface area contributed by atoms with Gasteiger partial charge in [0, 0.05) is 37.4 Å². The van der Waals surface area contributed by atoms with Crippen LogP contribution >= 0.6 is 0 Å². The molecule has 0 aliphatic carbocycles. The number of nitrogens with zero attached hydrogens (tertiary/aromatic N) is 1. The zero-order valence-electron chi connectivity index (χ0n) is 9.89. The van der Waals surface area contributed by atoms with Gasteiger partial charge in [-0.05, 0) is 12.1 Å². The third-order valence-corrected chi connectivity index (χ3v) is 3.25. The molecule has 0 spiro atoms. The van der Waals surface area contributed by atoms with E-state index in [4.69, 9.17) is 9.47 Å². The maximum absolute atomic E-state index is 5.53. The highest BCUT2D eigenvalue weighted by atomic mass is 16.7. The Morgan fingerprint density at radius 1 is 1.12 bits per heavy atom. The molecule has 0 aromatic heterocycles. The summed E-state index contributed by atoms with van der Waals surface area (Å²) in [7, 11) is 0. The molecule has 3 rings (SSSR count). The van der Waals surface area contributed by atoms with E-state index in [0.29, 0.717) is 13.2 Å². The molecule has 1 N–H and O–H groups in total. The van der Waals surface area contributed by atoms with E-state index < -0.39 is 0 Å². The van der Waals surface area contributed by atoms with Crippen LogP contribution in [0.4, 0.5) is 5.69 Å². The van der Waals surface area contributed by atoms with E-state index in [9.17, 15) is 0 Å². The molecule has 0 unspecified atom stereocenters. The highest BCUT2D eigenvalue weighted by Gasteiger charge is 2.19. The predicted octanol–water partition coefficient (Wildman–Crippen LogP) is 1.14. The number of benzene rings is 1. The lowest BCUT2D eigenvalue weighted by molar-refractivity contribution is -0.0440. The zero-order valence-corrected chi connectivity index (χ0v) is 9.89. The summed E-state index contributed by atoms with van der Waals surface area (Å²) in [4.78, 5) is 2.40. The molecule has 0 saturated carbocycles. The van der Waals surface area contributed by atoms with Gasteiger partial charge in [-0.15, -0.1) is 0 Å². The summed E-state index contributed by atoms with van der Waals surface area (Å²) >= 11 is 0. The van der Waals surface area contributed by atoms with Gasteiger partial charge >= 0.3 is 0 Å². The standard InChI is InChI=1S/C13H18N2O2/c1-2-11(13-16-8-9-17-13)10-12(3-1)15-6-4-14-5-7-15/h1-3,10,13-14H,4-9H2. The first-order valence-corrected chi connectivity index (χ1v) is 6.22. The Labute approximate surface area is 102 Å². The Balaban J connectivity index is 1.77. The fraction of sp³-hybridized carbons (Fsp3) is 0.538. The van der Waals surface area contributed by atoms with Gasteiger partial charge in [-0.25, -0.2) is 0 Å². The summed E-state index contributed by atoms with van der Waals surface area (Å²) in [6.45, 7) is 5.64. The van der Waals surface area contributed by atoms with Crippen molar-refractivity contribution in [1.82, 2.24) is 5.32 Å². The van der Waals surface area contributed by atoms with Crippen LogP contribution in [0.25, 0.3) is 0 Å². The highest BCUT2D eigenvalue weighted by molar-refractivity contribution is 5.49. The third-order valence-electron chi connectivity index (χ3n) is 3.25. The predicted molar refractivity (Wildman–Crippen MR) is 66.2 cm³/mol. The molecule has 0 amide bonds. The Morgan fingerprint density at radius 2 is 1.88 bits per heavy atom. The summed E-state index contributed by atoms with van der Waals surface area (Å²) in [5, 5.41) is 3.36. The largest absolute Gasteiger partial charge is 0.369 e. The molecule has 2 aliphatic heterocycles. The van der Waals surface area contributed by atoms with E-state index in [0.717, 1.165) is 31.7 Å². The van der Waals surface area contributed by atoms with Crippen LogP contribution in [0, 0.1) is 0 Å². The van der Waals surface area contributed by atoms with Gasteiger partial charge in [0.15, 0.2) is 6.29 Å². The molecular weight excluding hydrogens is 216 g/mol. The number of ether oxygens (including phenoxy) is 2. The van der Waals surface area contributed by atoms with Crippen molar-refractivity contribution in [2.24, 2.45) is 0 Å². The van der Waals surface area contributed by atoms with Crippen LogP contribution in [0.3, 0.4) is 0 Å². The van der Waals surface area contributed by atoms with Gasteiger partial charge in [0.05, 0.1) is 13.2 Å². The van der Waals surface area contributed by atoms with E-state index >= 15 is 0 Å². The van der Waals surface area contributed by atoms with Gasteiger partial charge in [0.2, 0.25) is 0 Å². The Morgan fingerprint density at radius 3 is 2.65 bits per heavy atom. The van der Waals surface area contributed by atoms with Crippen molar-refractivity contribution in [2.75, 3.05) is 44.3 Å². The second-order valence-electron chi connectivity index (χ2n) is 4.41. The van der Waals surface area contributed by atoms with E-state index in [2.05, 4.69) is 34.5 Å². The molecule has 4 nitrogen and oxygen atoms in total. The van der Waals surface area contributed by atoms with E-state index in [1.807, 2.05) is 0 Å². The second-order valence-corrected chi connectivity index (χ2v) is 4.41. The van der Waals surface area contributed by atoms with Crippen LogP contribution in [0.2, 0.25) is 0 Å². The molecular formula is C13H18N2O2. The molecule has 1 aromatic rings. The van der Waals surface area contributed by atoms with E-state index in [-0.39, 0.29) is 6.29 Å². The minimum atomic E-state index is -0.169. The summed E-state index contributed by atoms with van der Waals surface area (Å²) in [5.41, 5.74) is 2.39. The topological polar surface area (TPSA) is 33.7 Å². The third kappa shape index (κ3) is 2.44. The lowest BCUT2D eigenvalue weighted by atomic mass is 10.1. The normalized spacial score (nSPS) is 22.0. The quantitative estimate of drug-likeness (QED) is 0.832. The van der Waals surface area contributed by atoms with Crippen LogP contribution in [0.15, 0.2) is 24.3 Å². The summed E-state index contributed by atoms with van der Waals surface area (Å²) in [6, 6.07) is 8.49. The molecule has 0 bridgehead atoms. The van der Waals surface area contributed by atoms with Gasteiger partial charge in [0.25, 0.3) is 0 Å². The lowest BCUT2D eigenvalue weighted by Crippen LogP contribution is -2.43. The maximum atomic E-state index is 5.53. The molecule has 92 valence electrons. The molecule has 1 aromatic carbocycles.